The third-order valence-corrected chi connectivity index (χ3v) is 3.82. The first-order chi connectivity index (χ1) is 11.6. The first-order valence-electron chi connectivity index (χ1n) is 7.48. The highest BCUT2D eigenvalue weighted by Gasteiger charge is 2.15. The largest absolute Gasteiger partial charge is 0.508 e. The SMILES string of the molecule is COc1nc(-c2ccc(C)cc2)cc(-c2ccc(O)cc2)c1C#N. The van der Waals surface area contributed by atoms with Crippen LogP contribution in [0.15, 0.2) is 54.6 Å². The molecule has 0 unspecified atom stereocenters. The molecule has 0 aliphatic carbocycles. The Hall–Kier alpha value is -3.32. The first-order valence-corrected chi connectivity index (χ1v) is 7.48. The van der Waals surface area contributed by atoms with E-state index in [2.05, 4.69) is 11.1 Å². The predicted octanol–water partition coefficient (Wildman–Crippen LogP) is 4.31. The van der Waals surface area contributed by atoms with E-state index in [0.717, 1.165) is 27.9 Å². The quantitative estimate of drug-likeness (QED) is 0.782. The zero-order valence-electron chi connectivity index (χ0n) is 13.4. The molecule has 1 heterocycles. The van der Waals surface area contributed by atoms with Gasteiger partial charge in [-0.15, -0.1) is 0 Å². The third kappa shape index (κ3) is 2.92. The number of hydrogen-bond acceptors (Lipinski definition) is 4. The van der Waals surface area contributed by atoms with E-state index in [4.69, 9.17) is 4.74 Å². The minimum atomic E-state index is 0.178. The third-order valence-electron chi connectivity index (χ3n) is 3.82. The normalized spacial score (nSPS) is 10.2. The van der Waals surface area contributed by atoms with Gasteiger partial charge in [0.1, 0.15) is 17.4 Å². The minimum Gasteiger partial charge on any atom is -0.508 e. The molecule has 2 aromatic carbocycles. The summed E-state index contributed by atoms with van der Waals surface area (Å²) in [4.78, 5) is 4.47. The van der Waals surface area contributed by atoms with Gasteiger partial charge in [0.25, 0.3) is 0 Å². The molecule has 0 spiro atoms. The monoisotopic (exact) mass is 316 g/mol. The molecule has 0 aliphatic rings. The molecular formula is C20H16N2O2. The fourth-order valence-electron chi connectivity index (χ4n) is 2.52. The van der Waals surface area contributed by atoms with Crippen LogP contribution in [0.5, 0.6) is 11.6 Å². The van der Waals surface area contributed by atoms with Gasteiger partial charge in [-0.05, 0) is 30.7 Å². The lowest BCUT2D eigenvalue weighted by atomic mass is 9.98. The number of aromatic hydroxyl groups is 1. The highest BCUT2D eigenvalue weighted by Crippen LogP contribution is 2.33. The number of pyridine rings is 1. The molecule has 1 aromatic heterocycles. The van der Waals surface area contributed by atoms with Crippen LogP contribution < -0.4 is 4.74 Å². The number of ether oxygens (including phenoxy) is 1. The second-order valence-electron chi connectivity index (χ2n) is 5.46. The van der Waals surface area contributed by atoms with Gasteiger partial charge < -0.3 is 9.84 Å². The number of phenols is 1. The van der Waals surface area contributed by atoms with Gasteiger partial charge in [0.15, 0.2) is 0 Å². The molecular weight excluding hydrogens is 300 g/mol. The van der Waals surface area contributed by atoms with Gasteiger partial charge in [-0.2, -0.15) is 5.26 Å². The lowest BCUT2D eigenvalue weighted by Crippen LogP contribution is -1.97. The summed E-state index contributed by atoms with van der Waals surface area (Å²) in [6.45, 7) is 2.03. The smallest absolute Gasteiger partial charge is 0.232 e. The van der Waals surface area contributed by atoms with E-state index in [9.17, 15) is 10.4 Å². The molecule has 0 fully saturated rings. The Labute approximate surface area is 140 Å². The fourth-order valence-corrected chi connectivity index (χ4v) is 2.52. The van der Waals surface area contributed by atoms with Crippen molar-refractivity contribution in [3.63, 3.8) is 0 Å². The minimum absolute atomic E-state index is 0.178. The van der Waals surface area contributed by atoms with E-state index in [1.165, 1.54) is 7.11 Å². The van der Waals surface area contributed by atoms with E-state index in [1.807, 2.05) is 37.3 Å². The number of benzene rings is 2. The predicted molar refractivity (Wildman–Crippen MR) is 92.8 cm³/mol. The maximum Gasteiger partial charge on any atom is 0.232 e. The summed E-state index contributed by atoms with van der Waals surface area (Å²) < 4.78 is 5.32. The van der Waals surface area contributed by atoms with Crippen molar-refractivity contribution in [1.29, 1.82) is 5.26 Å². The topological polar surface area (TPSA) is 66.1 Å². The number of hydrogen-bond donors (Lipinski definition) is 1. The van der Waals surface area contributed by atoms with Crippen LogP contribution in [0.2, 0.25) is 0 Å². The second-order valence-corrected chi connectivity index (χ2v) is 5.46. The maximum absolute atomic E-state index is 9.52. The fraction of sp³-hybridized carbons (Fsp3) is 0.100. The molecule has 0 saturated carbocycles. The maximum atomic E-state index is 9.52. The number of phenolic OH excluding ortho intramolecular Hbond substituents is 1. The number of aryl methyl sites for hydroxylation is 1. The van der Waals surface area contributed by atoms with Crippen LogP contribution in [-0.4, -0.2) is 17.2 Å². The second kappa shape index (κ2) is 6.43. The van der Waals surface area contributed by atoms with Crippen LogP contribution in [-0.2, 0) is 0 Å². The molecule has 24 heavy (non-hydrogen) atoms. The molecule has 0 bridgehead atoms. The number of rotatable bonds is 3. The molecule has 4 nitrogen and oxygen atoms in total. The Balaban J connectivity index is 2.23. The van der Waals surface area contributed by atoms with Crippen molar-refractivity contribution in [2.24, 2.45) is 0 Å². The van der Waals surface area contributed by atoms with Gasteiger partial charge in [0.05, 0.1) is 12.8 Å². The summed E-state index contributed by atoms with van der Waals surface area (Å²) in [5, 5.41) is 19.0. The number of aromatic nitrogens is 1. The first kappa shape index (κ1) is 15.6. The molecule has 0 atom stereocenters. The van der Waals surface area contributed by atoms with Crippen molar-refractivity contribution in [2.75, 3.05) is 7.11 Å². The molecule has 118 valence electrons. The number of nitriles is 1. The Morgan fingerprint density at radius 3 is 2.21 bits per heavy atom. The van der Waals surface area contributed by atoms with Gasteiger partial charge in [-0.3, -0.25) is 0 Å². The van der Waals surface area contributed by atoms with Crippen molar-refractivity contribution < 1.29 is 9.84 Å². The molecule has 3 aromatic rings. The van der Waals surface area contributed by atoms with Crippen LogP contribution >= 0.6 is 0 Å². The summed E-state index contributed by atoms with van der Waals surface area (Å²) >= 11 is 0. The summed E-state index contributed by atoms with van der Waals surface area (Å²) in [5.41, 5.74) is 4.76. The van der Waals surface area contributed by atoms with Gasteiger partial charge in [0.2, 0.25) is 5.88 Å². The summed E-state index contributed by atoms with van der Waals surface area (Å²) in [6.07, 6.45) is 0. The van der Waals surface area contributed by atoms with Crippen molar-refractivity contribution in [2.45, 2.75) is 6.92 Å². The average molecular weight is 316 g/mol. The number of methoxy groups -OCH3 is 1. The highest BCUT2D eigenvalue weighted by molar-refractivity contribution is 5.78. The van der Waals surface area contributed by atoms with E-state index in [-0.39, 0.29) is 5.75 Å². The van der Waals surface area contributed by atoms with Crippen LogP contribution in [0, 0.1) is 18.3 Å². The van der Waals surface area contributed by atoms with Gasteiger partial charge in [-0.1, -0.05) is 42.0 Å². The molecule has 3 rings (SSSR count). The average Bonchev–Trinajstić information content (AvgIpc) is 2.62. The van der Waals surface area contributed by atoms with E-state index in [0.29, 0.717) is 11.4 Å². The molecule has 4 heteroatoms. The summed E-state index contributed by atoms with van der Waals surface area (Å²) in [7, 11) is 1.50. The van der Waals surface area contributed by atoms with Gasteiger partial charge in [0, 0.05) is 11.1 Å². The standard InChI is InChI=1S/C20H16N2O2/c1-13-3-5-15(6-4-13)19-11-17(14-7-9-16(23)10-8-14)18(12-21)20(22-19)24-2/h3-11,23H,1-2H3. The van der Waals surface area contributed by atoms with E-state index >= 15 is 0 Å². The number of nitrogens with zero attached hydrogens (tertiary/aromatic N) is 2. The van der Waals surface area contributed by atoms with Crippen molar-refractivity contribution in [3.8, 4) is 40.1 Å². The van der Waals surface area contributed by atoms with Gasteiger partial charge in [-0.25, -0.2) is 4.98 Å². The molecule has 0 amide bonds. The van der Waals surface area contributed by atoms with Crippen LogP contribution in [0.25, 0.3) is 22.4 Å². The van der Waals surface area contributed by atoms with E-state index < -0.39 is 0 Å². The molecule has 0 saturated heterocycles. The Kier molecular flexibility index (Phi) is 4.17. The molecule has 0 radical (unpaired) electrons. The highest BCUT2D eigenvalue weighted by atomic mass is 16.5. The van der Waals surface area contributed by atoms with Crippen LogP contribution in [0.1, 0.15) is 11.1 Å². The Bertz CT molecular complexity index is 908. The summed E-state index contributed by atoms with van der Waals surface area (Å²) in [5.74, 6) is 0.468. The van der Waals surface area contributed by atoms with Gasteiger partial charge >= 0.3 is 0 Å². The van der Waals surface area contributed by atoms with Crippen molar-refractivity contribution in [1.82, 2.24) is 4.98 Å². The van der Waals surface area contributed by atoms with Crippen LogP contribution in [0.4, 0.5) is 0 Å². The zero-order chi connectivity index (χ0) is 17.1. The van der Waals surface area contributed by atoms with Crippen molar-refractivity contribution in [3.05, 3.63) is 65.7 Å². The van der Waals surface area contributed by atoms with Crippen LogP contribution in [0.3, 0.4) is 0 Å². The van der Waals surface area contributed by atoms with E-state index in [1.54, 1.807) is 24.3 Å². The zero-order valence-corrected chi connectivity index (χ0v) is 13.4. The lowest BCUT2D eigenvalue weighted by molar-refractivity contribution is 0.397. The Morgan fingerprint density at radius 2 is 1.62 bits per heavy atom. The lowest BCUT2D eigenvalue weighted by Gasteiger charge is -2.12. The Morgan fingerprint density at radius 1 is 1.00 bits per heavy atom. The van der Waals surface area contributed by atoms with Crippen molar-refractivity contribution >= 4 is 0 Å². The molecule has 0 aliphatic heterocycles. The summed E-state index contributed by atoms with van der Waals surface area (Å²) in [6, 6.07) is 18.8. The molecule has 1 N–H and O–H groups in total.